The van der Waals surface area contributed by atoms with E-state index in [1.165, 1.54) is 18.4 Å². The number of carbonyl (C=O) groups is 2. The predicted octanol–water partition coefficient (Wildman–Crippen LogP) is 2.81. The van der Waals surface area contributed by atoms with Crippen LogP contribution in [-0.2, 0) is 4.79 Å². The van der Waals surface area contributed by atoms with Gasteiger partial charge in [-0.25, -0.2) is 0 Å². The first kappa shape index (κ1) is 16.0. The lowest BCUT2D eigenvalue weighted by Crippen LogP contribution is -2.24. The second-order valence-electron chi connectivity index (χ2n) is 3.94. The SMILES string of the molecule is COc1c(C(=O)NCCCCC(=O)O)sc(C)c1Br. The van der Waals surface area contributed by atoms with Crippen molar-refractivity contribution in [1.29, 1.82) is 0 Å². The third-order valence-corrected chi connectivity index (χ3v) is 4.79. The monoisotopic (exact) mass is 349 g/mol. The van der Waals surface area contributed by atoms with Gasteiger partial charge in [-0.1, -0.05) is 0 Å². The Balaban J connectivity index is 2.50. The van der Waals surface area contributed by atoms with Crippen molar-refractivity contribution in [2.24, 2.45) is 0 Å². The Kier molecular flexibility index (Phi) is 6.30. The average Bonchev–Trinajstić information content (AvgIpc) is 2.64. The molecule has 7 heteroatoms. The van der Waals surface area contributed by atoms with Crippen LogP contribution in [0, 0.1) is 6.92 Å². The quantitative estimate of drug-likeness (QED) is 0.742. The first-order valence-electron chi connectivity index (χ1n) is 5.80. The molecule has 0 aromatic carbocycles. The number of carbonyl (C=O) groups excluding carboxylic acids is 1. The first-order valence-corrected chi connectivity index (χ1v) is 7.41. The molecule has 0 saturated carbocycles. The number of nitrogens with one attached hydrogen (secondary N) is 1. The molecule has 0 aliphatic rings. The Morgan fingerprint density at radius 2 is 2.11 bits per heavy atom. The minimum atomic E-state index is -0.814. The van der Waals surface area contributed by atoms with Crippen LogP contribution < -0.4 is 10.1 Å². The number of hydrogen-bond donors (Lipinski definition) is 2. The number of aryl methyl sites for hydroxylation is 1. The number of hydrogen-bond acceptors (Lipinski definition) is 4. The Morgan fingerprint density at radius 1 is 1.42 bits per heavy atom. The Hall–Kier alpha value is -1.08. The van der Waals surface area contributed by atoms with E-state index in [0.717, 1.165) is 9.35 Å². The highest BCUT2D eigenvalue weighted by Crippen LogP contribution is 2.38. The molecule has 2 N–H and O–H groups in total. The van der Waals surface area contributed by atoms with Crippen molar-refractivity contribution in [3.63, 3.8) is 0 Å². The molecule has 1 aromatic rings. The van der Waals surface area contributed by atoms with E-state index in [9.17, 15) is 9.59 Å². The number of halogens is 1. The number of carboxylic acids is 1. The lowest BCUT2D eigenvalue weighted by atomic mass is 10.2. The molecule has 0 fully saturated rings. The topological polar surface area (TPSA) is 75.6 Å². The predicted molar refractivity (Wildman–Crippen MR) is 77.1 cm³/mol. The molecule has 0 atom stereocenters. The minimum Gasteiger partial charge on any atom is -0.494 e. The molecule has 1 rings (SSSR count). The summed E-state index contributed by atoms with van der Waals surface area (Å²) in [7, 11) is 1.52. The van der Waals surface area contributed by atoms with Crippen molar-refractivity contribution in [3.05, 3.63) is 14.2 Å². The van der Waals surface area contributed by atoms with Crippen LogP contribution in [0.5, 0.6) is 5.75 Å². The molecule has 1 aromatic heterocycles. The molecule has 0 aliphatic heterocycles. The first-order chi connectivity index (χ1) is 8.97. The number of carboxylic acid groups (broad SMARTS) is 1. The van der Waals surface area contributed by atoms with Crippen molar-refractivity contribution in [2.45, 2.75) is 26.2 Å². The van der Waals surface area contributed by atoms with Gasteiger partial charge in [0.05, 0.1) is 11.6 Å². The smallest absolute Gasteiger partial charge is 0.303 e. The van der Waals surface area contributed by atoms with Gasteiger partial charge in [-0.2, -0.15) is 0 Å². The average molecular weight is 350 g/mol. The molecule has 1 amide bonds. The molecule has 0 bridgehead atoms. The normalized spacial score (nSPS) is 10.3. The maximum absolute atomic E-state index is 12.0. The summed E-state index contributed by atoms with van der Waals surface area (Å²) in [5.74, 6) is -0.456. The van der Waals surface area contributed by atoms with E-state index in [-0.39, 0.29) is 12.3 Å². The van der Waals surface area contributed by atoms with E-state index in [4.69, 9.17) is 9.84 Å². The van der Waals surface area contributed by atoms with Gasteiger partial charge in [0.25, 0.3) is 5.91 Å². The van der Waals surface area contributed by atoms with Crippen LogP contribution in [0.15, 0.2) is 4.47 Å². The molecule has 5 nitrogen and oxygen atoms in total. The number of methoxy groups -OCH3 is 1. The van der Waals surface area contributed by atoms with E-state index >= 15 is 0 Å². The number of rotatable bonds is 7. The van der Waals surface area contributed by atoms with E-state index in [0.29, 0.717) is 30.0 Å². The van der Waals surface area contributed by atoms with Crippen molar-refractivity contribution in [2.75, 3.05) is 13.7 Å². The number of ether oxygens (including phenoxy) is 1. The summed E-state index contributed by atoms with van der Waals surface area (Å²) in [4.78, 5) is 23.8. The van der Waals surface area contributed by atoms with Gasteiger partial charge in [0.2, 0.25) is 0 Å². The number of amides is 1. The highest BCUT2D eigenvalue weighted by molar-refractivity contribution is 9.10. The van der Waals surface area contributed by atoms with Crippen molar-refractivity contribution in [1.82, 2.24) is 5.32 Å². The van der Waals surface area contributed by atoms with Crippen molar-refractivity contribution >= 4 is 39.1 Å². The lowest BCUT2D eigenvalue weighted by Gasteiger charge is -2.05. The maximum atomic E-state index is 12.0. The molecule has 0 spiro atoms. The second kappa shape index (κ2) is 7.49. The van der Waals surface area contributed by atoms with Crippen LogP contribution in [0.3, 0.4) is 0 Å². The molecule has 0 unspecified atom stereocenters. The molecule has 19 heavy (non-hydrogen) atoms. The van der Waals surface area contributed by atoms with Gasteiger partial charge in [0, 0.05) is 17.8 Å². The summed E-state index contributed by atoms with van der Waals surface area (Å²) in [6.45, 7) is 2.37. The van der Waals surface area contributed by atoms with Gasteiger partial charge in [-0.15, -0.1) is 11.3 Å². The lowest BCUT2D eigenvalue weighted by molar-refractivity contribution is -0.137. The fraction of sp³-hybridized carbons (Fsp3) is 0.500. The van der Waals surface area contributed by atoms with Gasteiger partial charge in [-0.05, 0) is 35.7 Å². The number of thiophene rings is 1. The van der Waals surface area contributed by atoms with Gasteiger partial charge >= 0.3 is 5.97 Å². The summed E-state index contributed by atoms with van der Waals surface area (Å²) in [5.41, 5.74) is 0. The third kappa shape index (κ3) is 4.50. The maximum Gasteiger partial charge on any atom is 0.303 e. The summed E-state index contributed by atoms with van der Waals surface area (Å²) >= 11 is 4.74. The molecule has 0 aliphatic carbocycles. The van der Waals surface area contributed by atoms with Gasteiger partial charge in [0.1, 0.15) is 4.88 Å². The van der Waals surface area contributed by atoms with Crippen molar-refractivity contribution in [3.8, 4) is 5.75 Å². The fourth-order valence-corrected chi connectivity index (χ4v) is 3.18. The largest absolute Gasteiger partial charge is 0.494 e. The standard InChI is InChI=1S/C12H16BrNO4S/c1-7-9(13)10(18-2)11(19-7)12(17)14-6-4-3-5-8(15)16/h3-6H2,1-2H3,(H,14,17)(H,15,16). The highest BCUT2D eigenvalue weighted by Gasteiger charge is 2.20. The Morgan fingerprint density at radius 3 is 2.68 bits per heavy atom. The van der Waals surface area contributed by atoms with Crippen LogP contribution in [0.1, 0.15) is 33.8 Å². The van der Waals surface area contributed by atoms with Gasteiger partial charge < -0.3 is 15.2 Å². The molecular formula is C12H16BrNO4S. The second-order valence-corrected chi connectivity index (χ2v) is 5.96. The van der Waals surface area contributed by atoms with Crippen LogP contribution in [-0.4, -0.2) is 30.6 Å². The fourth-order valence-electron chi connectivity index (χ4n) is 1.52. The number of unbranched alkanes of at least 4 members (excludes halogenated alkanes) is 1. The Labute approximate surface area is 124 Å². The molecule has 1 heterocycles. The van der Waals surface area contributed by atoms with Crippen LogP contribution in [0.2, 0.25) is 0 Å². The zero-order valence-corrected chi connectivity index (χ0v) is 13.2. The van der Waals surface area contributed by atoms with Gasteiger partial charge in [-0.3, -0.25) is 9.59 Å². The summed E-state index contributed by atoms with van der Waals surface area (Å²) in [6.07, 6.45) is 1.33. The van der Waals surface area contributed by atoms with E-state index in [1.807, 2.05) is 6.92 Å². The minimum absolute atomic E-state index is 0.128. The van der Waals surface area contributed by atoms with E-state index in [1.54, 1.807) is 0 Å². The van der Waals surface area contributed by atoms with Crippen molar-refractivity contribution < 1.29 is 19.4 Å². The number of aliphatic carboxylic acids is 1. The molecule has 106 valence electrons. The van der Waals surface area contributed by atoms with Crippen LogP contribution in [0.4, 0.5) is 0 Å². The van der Waals surface area contributed by atoms with Crippen LogP contribution in [0.25, 0.3) is 0 Å². The third-order valence-electron chi connectivity index (χ3n) is 2.48. The molecular weight excluding hydrogens is 334 g/mol. The Bertz CT molecular complexity index is 473. The summed E-state index contributed by atoms with van der Waals surface area (Å²) < 4.78 is 6.00. The zero-order valence-electron chi connectivity index (χ0n) is 10.8. The van der Waals surface area contributed by atoms with E-state index < -0.39 is 5.97 Å². The van der Waals surface area contributed by atoms with Gasteiger partial charge in [0.15, 0.2) is 5.75 Å². The summed E-state index contributed by atoms with van der Waals surface area (Å²) in [6, 6.07) is 0. The zero-order chi connectivity index (χ0) is 14.4. The summed E-state index contributed by atoms with van der Waals surface area (Å²) in [5, 5.41) is 11.3. The van der Waals surface area contributed by atoms with Crippen LogP contribution >= 0.6 is 27.3 Å². The van der Waals surface area contributed by atoms with E-state index in [2.05, 4.69) is 21.2 Å². The highest BCUT2D eigenvalue weighted by atomic mass is 79.9. The molecule has 0 saturated heterocycles. The molecule has 0 radical (unpaired) electrons.